The van der Waals surface area contributed by atoms with Crippen molar-refractivity contribution in [2.45, 2.75) is 12.5 Å². The minimum atomic E-state index is -0.372. The quantitative estimate of drug-likeness (QED) is 0.752. The van der Waals surface area contributed by atoms with Gasteiger partial charge in [0.1, 0.15) is 11.5 Å². The molecule has 1 aromatic carbocycles. The highest BCUT2D eigenvalue weighted by atomic mass is 16.5. The Bertz CT molecular complexity index is 618. The van der Waals surface area contributed by atoms with E-state index >= 15 is 0 Å². The number of imide groups is 1. The molecule has 2 aliphatic rings. The standard InChI is InChI=1S/C17H23N3O4/c1-18-4-6-19(7-5-18)15-11-16(21)20(17(15)22)12-8-13(23-2)10-14(9-12)24-3/h8-10,15H,4-7,11H2,1-3H3/t15-/m0/s1. The molecule has 24 heavy (non-hydrogen) atoms. The van der Waals surface area contributed by atoms with Crippen LogP contribution in [0, 0.1) is 0 Å². The molecule has 0 spiro atoms. The van der Waals surface area contributed by atoms with Crippen molar-refractivity contribution in [1.82, 2.24) is 9.80 Å². The first-order valence-corrected chi connectivity index (χ1v) is 8.06. The van der Waals surface area contributed by atoms with Crippen LogP contribution in [0.5, 0.6) is 11.5 Å². The number of likely N-dealkylation sites (N-methyl/N-ethyl adjacent to an activating group) is 1. The van der Waals surface area contributed by atoms with E-state index in [0.717, 1.165) is 26.2 Å². The molecule has 2 aliphatic heterocycles. The molecular weight excluding hydrogens is 310 g/mol. The van der Waals surface area contributed by atoms with Gasteiger partial charge in [-0.25, -0.2) is 4.90 Å². The minimum Gasteiger partial charge on any atom is -0.497 e. The molecule has 2 heterocycles. The Hall–Kier alpha value is -2.12. The van der Waals surface area contributed by atoms with E-state index < -0.39 is 0 Å². The smallest absolute Gasteiger partial charge is 0.251 e. The van der Waals surface area contributed by atoms with Crippen LogP contribution in [0.15, 0.2) is 18.2 Å². The highest BCUT2D eigenvalue weighted by molar-refractivity contribution is 6.22. The van der Waals surface area contributed by atoms with Gasteiger partial charge in [0.15, 0.2) is 0 Å². The summed E-state index contributed by atoms with van der Waals surface area (Å²) in [4.78, 5) is 30.9. The van der Waals surface area contributed by atoms with E-state index in [9.17, 15) is 9.59 Å². The van der Waals surface area contributed by atoms with Crippen molar-refractivity contribution in [3.63, 3.8) is 0 Å². The van der Waals surface area contributed by atoms with Crippen LogP contribution in [0.3, 0.4) is 0 Å². The number of hydrogen-bond donors (Lipinski definition) is 0. The molecule has 0 bridgehead atoms. The van der Waals surface area contributed by atoms with Gasteiger partial charge in [0.05, 0.1) is 32.4 Å². The molecule has 2 amide bonds. The van der Waals surface area contributed by atoms with Gasteiger partial charge >= 0.3 is 0 Å². The van der Waals surface area contributed by atoms with Gasteiger partial charge < -0.3 is 14.4 Å². The van der Waals surface area contributed by atoms with Crippen molar-refractivity contribution in [1.29, 1.82) is 0 Å². The van der Waals surface area contributed by atoms with Crippen LogP contribution < -0.4 is 14.4 Å². The Morgan fingerprint density at radius 3 is 2.08 bits per heavy atom. The summed E-state index contributed by atoms with van der Waals surface area (Å²) in [5, 5.41) is 0. The summed E-state index contributed by atoms with van der Waals surface area (Å²) in [6, 6.07) is 4.71. The molecular formula is C17H23N3O4. The van der Waals surface area contributed by atoms with Crippen LogP contribution in [-0.2, 0) is 9.59 Å². The fourth-order valence-corrected chi connectivity index (χ4v) is 3.23. The molecule has 1 aromatic rings. The molecule has 2 saturated heterocycles. The zero-order chi connectivity index (χ0) is 17.3. The molecule has 0 unspecified atom stereocenters. The molecule has 0 N–H and O–H groups in total. The number of piperazine rings is 1. The van der Waals surface area contributed by atoms with Gasteiger partial charge in [-0.2, -0.15) is 0 Å². The maximum Gasteiger partial charge on any atom is 0.251 e. The topological polar surface area (TPSA) is 62.3 Å². The number of ether oxygens (including phenoxy) is 2. The van der Waals surface area contributed by atoms with Crippen molar-refractivity contribution < 1.29 is 19.1 Å². The molecule has 0 aromatic heterocycles. The highest BCUT2D eigenvalue weighted by Gasteiger charge is 2.43. The number of hydrogen-bond acceptors (Lipinski definition) is 6. The lowest BCUT2D eigenvalue weighted by atomic mass is 10.2. The molecule has 1 atom stereocenters. The third kappa shape index (κ3) is 3.09. The highest BCUT2D eigenvalue weighted by Crippen LogP contribution is 2.32. The first-order valence-electron chi connectivity index (χ1n) is 8.06. The number of methoxy groups -OCH3 is 2. The summed E-state index contributed by atoms with van der Waals surface area (Å²) >= 11 is 0. The summed E-state index contributed by atoms with van der Waals surface area (Å²) in [6.45, 7) is 3.42. The van der Waals surface area contributed by atoms with Crippen molar-refractivity contribution in [2.24, 2.45) is 0 Å². The maximum atomic E-state index is 12.9. The zero-order valence-corrected chi connectivity index (χ0v) is 14.3. The van der Waals surface area contributed by atoms with E-state index in [4.69, 9.17) is 9.47 Å². The Labute approximate surface area is 141 Å². The van der Waals surface area contributed by atoms with Crippen LogP contribution in [-0.4, -0.2) is 75.1 Å². The van der Waals surface area contributed by atoms with Crippen molar-refractivity contribution >= 4 is 17.5 Å². The molecule has 0 aliphatic carbocycles. The normalized spacial score (nSPS) is 23.0. The fourth-order valence-electron chi connectivity index (χ4n) is 3.23. The maximum absolute atomic E-state index is 12.9. The van der Waals surface area contributed by atoms with Crippen molar-refractivity contribution in [3.05, 3.63) is 18.2 Å². The molecule has 7 heteroatoms. The number of anilines is 1. The first kappa shape index (κ1) is 16.7. The molecule has 130 valence electrons. The van der Waals surface area contributed by atoms with Crippen molar-refractivity contribution in [2.75, 3.05) is 52.3 Å². The van der Waals surface area contributed by atoms with Gasteiger partial charge in [0.2, 0.25) is 5.91 Å². The summed E-state index contributed by atoms with van der Waals surface area (Å²) in [6.07, 6.45) is 0.224. The summed E-state index contributed by atoms with van der Waals surface area (Å²) in [7, 11) is 5.15. The Morgan fingerprint density at radius 1 is 0.958 bits per heavy atom. The fraction of sp³-hybridized carbons (Fsp3) is 0.529. The van der Waals surface area contributed by atoms with Gasteiger partial charge in [-0.1, -0.05) is 0 Å². The van der Waals surface area contributed by atoms with Crippen LogP contribution in [0.2, 0.25) is 0 Å². The Balaban J connectivity index is 1.84. The molecule has 2 fully saturated rings. The second-order valence-electron chi connectivity index (χ2n) is 6.20. The number of carbonyl (C=O) groups is 2. The van der Waals surface area contributed by atoms with Gasteiger partial charge in [-0.05, 0) is 7.05 Å². The van der Waals surface area contributed by atoms with E-state index in [1.807, 2.05) is 0 Å². The number of amides is 2. The Kier molecular flexibility index (Phi) is 4.73. The van der Waals surface area contributed by atoms with Crippen LogP contribution in [0.25, 0.3) is 0 Å². The largest absolute Gasteiger partial charge is 0.497 e. The Morgan fingerprint density at radius 2 is 1.54 bits per heavy atom. The molecule has 0 radical (unpaired) electrons. The number of benzene rings is 1. The van der Waals surface area contributed by atoms with Gasteiger partial charge in [0.25, 0.3) is 5.91 Å². The monoisotopic (exact) mass is 333 g/mol. The van der Waals surface area contributed by atoms with Gasteiger partial charge in [-0.3, -0.25) is 14.5 Å². The lowest BCUT2D eigenvalue weighted by Crippen LogP contribution is -2.51. The first-order chi connectivity index (χ1) is 11.5. The third-order valence-electron chi connectivity index (χ3n) is 4.70. The second kappa shape index (κ2) is 6.78. The van der Waals surface area contributed by atoms with Gasteiger partial charge in [-0.15, -0.1) is 0 Å². The average Bonchev–Trinajstić information content (AvgIpc) is 2.89. The van der Waals surface area contributed by atoms with Crippen LogP contribution >= 0.6 is 0 Å². The molecule has 7 nitrogen and oxygen atoms in total. The molecule has 0 saturated carbocycles. The predicted molar refractivity (Wildman–Crippen MR) is 89.5 cm³/mol. The third-order valence-corrected chi connectivity index (χ3v) is 4.70. The predicted octanol–water partition coefficient (Wildman–Crippen LogP) is 0.583. The number of carbonyl (C=O) groups excluding carboxylic acids is 2. The lowest BCUT2D eigenvalue weighted by molar-refractivity contribution is -0.123. The number of rotatable bonds is 4. The van der Waals surface area contributed by atoms with E-state index in [1.54, 1.807) is 32.4 Å². The SMILES string of the molecule is COc1cc(OC)cc(N2C(=O)C[C@H](N3CCN(C)CC3)C2=O)c1. The average molecular weight is 333 g/mol. The summed E-state index contributed by atoms with van der Waals surface area (Å²) < 4.78 is 10.5. The molecule has 3 rings (SSSR count). The number of nitrogens with zero attached hydrogens (tertiary/aromatic N) is 3. The van der Waals surface area contributed by atoms with E-state index in [-0.39, 0.29) is 24.3 Å². The summed E-state index contributed by atoms with van der Waals surface area (Å²) in [5.74, 6) is 0.750. The minimum absolute atomic E-state index is 0.167. The van der Waals surface area contributed by atoms with Crippen LogP contribution in [0.1, 0.15) is 6.42 Å². The lowest BCUT2D eigenvalue weighted by Gasteiger charge is -2.35. The van der Waals surface area contributed by atoms with Crippen LogP contribution in [0.4, 0.5) is 5.69 Å². The van der Waals surface area contributed by atoms with E-state index in [0.29, 0.717) is 17.2 Å². The van der Waals surface area contributed by atoms with Gasteiger partial charge in [0, 0.05) is 44.4 Å². The van der Waals surface area contributed by atoms with Crippen molar-refractivity contribution in [3.8, 4) is 11.5 Å². The van der Waals surface area contributed by atoms with E-state index in [1.165, 1.54) is 4.90 Å². The zero-order valence-electron chi connectivity index (χ0n) is 14.3. The van der Waals surface area contributed by atoms with E-state index in [2.05, 4.69) is 16.8 Å². The second-order valence-corrected chi connectivity index (χ2v) is 6.20. The summed E-state index contributed by atoms with van der Waals surface area (Å²) in [5.41, 5.74) is 0.498.